The number of aliphatic hydroxyl groups excluding tert-OH is 1. The van der Waals surface area contributed by atoms with Crippen LogP contribution in [0.15, 0.2) is 36.5 Å². The molecule has 0 radical (unpaired) electrons. The first-order valence-corrected chi connectivity index (χ1v) is 9.85. The zero-order valence-electron chi connectivity index (χ0n) is 16.0. The fourth-order valence-corrected chi connectivity index (χ4v) is 4.86. The Kier molecular flexibility index (Phi) is 5.02. The van der Waals surface area contributed by atoms with Gasteiger partial charge in [0, 0.05) is 43.2 Å². The van der Waals surface area contributed by atoms with Crippen molar-refractivity contribution in [3.8, 4) is 0 Å². The number of carbonyl (C=O) groups is 1. The molecule has 2 aliphatic rings. The van der Waals surface area contributed by atoms with Crippen LogP contribution in [0.2, 0.25) is 0 Å². The van der Waals surface area contributed by atoms with E-state index in [-0.39, 0.29) is 17.9 Å². The van der Waals surface area contributed by atoms with Gasteiger partial charge >= 0.3 is 0 Å². The minimum Gasteiger partial charge on any atom is -0.393 e. The van der Waals surface area contributed by atoms with Crippen molar-refractivity contribution < 1.29 is 9.90 Å². The van der Waals surface area contributed by atoms with E-state index in [4.69, 9.17) is 0 Å². The number of likely N-dealkylation sites (N-methyl/N-ethyl adjacent to an activating group) is 1. The van der Waals surface area contributed by atoms with E-state index in [1.54, 1.807) is 6.20 Å². The number of fused-ring (bicyclic) bond motifs is 1. The fourth-order valence-electron chi connectivity index (χ4n) is 4.86. The molecule has 2 saturated heterocycles. The third-order valence-electron chi connectivity index (χ3n) is 6.32. The molecule has 6 nitrogen and oxygen atoms in total. The Bertz CT molecular complexity index is 790. The molecule has 1 aromatic carbocycles. The van der Waals surface area contributed by atoms with E-state index >= 15 is 0 Å². The number of amides is 1. The highest BCUT2D eigenvalue weighted by molar-refractivity contribution is 5.95. The summed E-state index contributed by atoms with van der Waals surface area (Å²) in [7, 11) is 2.11. The Morgan fingerprint density at radius 2 is 2.07 bits per heavy atom. The van der Waals surface area contributed by atoms with Crippen LogP contribution in [0, 0.1) is 5.92 Å². The van der Waals surface area contributed by atoms with E-state index in [9.17, 15) is 9.90 Å². The van der Waals surface area contributed by atoms with Gasteiger partial charge in [-0.1, -0.05) is 37.3 Å². The minimum absolute atomic E-state index is 0.0185. The molecule has 2 fully saturated rings. The van der Waals surface area contributed by atoms with Crippen LogP contribution < -0.4 is 0 Å². The summed E-state index contributed by atoms with van der Waals surface area (Å²) in [4.78, 5) is 17.3. The predicted octanol–water partition coefficient (Wildman–Crippen LogP) is 1.89. The van der Waals surface area contributed by atoms with E-state index in [0.29, 0.717) is 31.0 Å². The first-order valence-electron chi connectivity index (χ1n) is 9.85. The number of nitrogens with zero attached hydrogens (tertiary/aromatic N) is 3. The zero-order valence-corrected chi connectivity index (χ0v) is 16.0. The van der Waals surface area contributed by atoms with Gasteiger partial charge in [-0.3, -0.25) is 9.89 Å². The molecule has 0 bridgehead atoms. The van der Waals surface area contributed by atoms with E-state index in [1.165, 1.54) is 5.56 Å². The van der Waals surface area contributed by atoms with Gasteiger partial charge in [0.2, 0.25) is 0 Å². The smallest absolute Gasteiger partial charge is 0.257 e. The lowest BCUT2D eigenvalue weighted by molar-refractivity contribution is 0.0722. The van der Waals surface area contributed by atoms with Crippen LogP contribution in [0.1, 0.15) is 40.9 Å². The number of aromatic amines is 1. The number of aliphatic hydroxyl groups is 1. The first kappa shape index (κ1) is 18.2. The van der Waals surface area contributed by atoms with Crippen LogP contribution in [-0.4, -0.2) is 69.8 Å². The zero-order chi connectivity index (χ0) is 19.0. The third-order valence-corrected chi connectivity index (χ3v) is 6.32. The van der Waals surface area contributed by atoms with Crippen molar-refractivity contribution in [1.29, 1.82) is 0 Å². The highest BCUT2D eigenvalue weighted by atomic mass is 16.3. The second kappa shape index (κ2) is 7.44. The molecule has 0 spiro atoms. The number of carbonyl (C=O) groups excluding carboxylic acids is 1. The van der Waals surface area contributed by atoms with Gasteiger partial charge in [0.15, 0.2) is 0 Å². The number of hydrogen-bond acceptors (Lipinski definition) is 4. The molecule has 0 saturated carbocycles. The molecular formula is C21H28N4O2. The van der Waals surface area contributed by atoms with Crippen molar-refractivity contribution in [3.63, 3.8) is 0 Å². The summed E-state index contributed by atoms with van der Waals surface area (Å²) in [5, 5.41) is 17.9. The summed E-state index contributed by atoms with van der Waals surface area (Å²) in [5.41, 5.74) is 2.81. The number of aromatic nitrogens is 2. The number of hydrogen-bond donors (Lipinski definition) is 2. The number of aryl methyl sites for hydroxylation is 1. The number of rotatable bonds is 3. The van der Waals surface area contributed by atoms with Crippen LogP contribution in [0.5, 0.6) is 0 Å². The van der Waals surface area contributed by atoms with Gasteiger partial charge in [0.05, 0.1) is 17.9 Å². The molecule has 4 rings (SSSR count). The maximum Gasteiger partial charge on any atom is 0.257 e. The topological polar surface area (TPSA) is 72.5 Å². The Balaban J connectivity index is 1.59. The van der Waals surface area contributed by atoms with Crippen LogP contribution in [0.25, 0.3) is 0 Å². The molecule has 6 heteroatoms. The quantitative estimate of drug-likeness (QED) is 0.868. The van der Waals surface area contributed by atoms with Gasteiger partial charge in [0.1, 0.15) is 0 Å². The average Bonchev–Trinajstić information content (AvgIpc) is 3.24. The summed E-state index contributed by atoms with van der Waals surface area (Å²) in [6.45, 7) is 4.15. The standard InChI is InChI=1S/C21H28N4O2/c1-3-17-15(11-22-23-17)21(27)25-10-9-19(26)20-16(12-24(2)18(20)13-25)14-7-5-4-6-8-14/h4-8,11,16,18-20,26H,3,9-10,12-13H2,1-2H3,(H,22,23)/t16-,18+,19+,20-/m0/s1. The molecule has 2 aromatic rings. The number of likely N-dealkylation sites (tertiary alicyclic amines) is 2. The summed E-state index contributed by atoms with van der Waals surface area (Å²) < 4.78 is 0. The molecule has 144 valence electrons. The molecule has 4 atom stereocenters. The lowest BCUT2D eigenvalue weighted by Gasteiger charge is -2.29. The highest BCUT2D eigenvalue weighted by Crippen LogP contribution is 2.41. The van der Waals surface area contributed by atoms with E-state index in [1.807, 2.05) is 17.9 Å². The maximum atomic E-state index is 13.1. The van der Waals surface area contributed by atoms with Gasteiger partial charge < -0.3 is 14.9 Å². The number of benzene rings is 1. The maximum absolute atomic E-state index is 13.1. The van der Waals surface area contributed by atoms with E-state index < -0.39 is 6.10 Å². The fraction of sp³-hybridized carbons (Fsp3) is 0.524. The Morgan fingerprint density at radius 1 is 1.30 bits per heavy atom. The minimum atomic E-state index is -0.405. The monoisotopic (exact) mass is 368 g/mol. The normalized spacial score (nSPS) is 28.8. The molecule has 1 aromatic heterocycles. The van der Waals surface area contributed by atoms with Gasteiger partial charge in [-0.25, -0.2) is 0 Å². The van der Waals surface area contributed by atoms with Crippen molar-refractivity contribution in [3.05, 3.63) is 53.3 Å². The number of nitrogens with one attached hydrogen (secondary N) is 1. The highest BCUT2D eigenvalue weighted by Gasteiger charge is 2.47. The van der Waals surface area contributed by atoms with Crippen LogP contribution in [0.4, 0.5) is 0 Å². The SMILES string of the molecule is CCc1[nH]ncc1C(=O)N1CC[C@@H](O)[C@@H]2[C@@H](C1)N(C)C[C@H]2c1ccccc1. The lowest BCUT2D eigenvalue weighted by atomic mass is 9.81. The first-order chi connectivity index (χ1) is 13.1. The average molecular weight is 368 g/mol. The van der Waals surface area contributed by atoms with Gasteiger partial charge in [-0.15, -0.1) is 0 Å². The van der Waals surface area contributed by atoms with Crippen LogP contribution in [0.3, 0.4) is 0 Å². The van der Waals surface area contributed by atoms with Crippen molar-refractivity contribution in [2.45, 2.75) is 37.8 Å². The lowest BCUT2D eigenvalue weighted by Crippen LogP contribution is -2.43. The number of H-pyrrole nitrogens is 1. The largest absolute Gasteiger partial charge is 0.393 e. The Morgan fingerprint density at radius 3 is 2.81 bits per heavy atom. The predicted molar refractivity (Wildman–Crippen MR) is 104 cm³/mol. The Labute approximate surface area is 160 Å². The molecule has 3 heterocycles. The molecule has 0 unspecified atom stereocenters. The van der Waals surface area contributed by atoms with E-state index in [2.05, 4.69) is 46.4 Å². The van der Waals surface area contributed by atoms with Crippen molar-refractivity contribution >= 4 is 5.91 Å². The second-order valence-corrected chi connectivity index (χ2v) is 7.82. The molecule has 2 aliphatic heterocycles. The van der Waals surface area contributed by atoms with Crippen molar-refractivity contribution in [2.75, 3.05) is 26.7 Å². The van der Waals surface area contributed by atoms with Crippen molar-refractivity contribution in [1.82, 2.24) is 20.0 Å². The summed E-state index contributed by atoms with van der Waals surface area (Å²) in [6, 6.07) is 10.6. The summed E-state index contributed by atoms with van der Waals surface area (Å²) >= 11 is 0. The molecular weight excluding hydrogens is 340 g/mol. The summed E-state index contributed by atoms with van der Waals surface area (Å²) in [5.74, 6) is 0.460. The van der Waals surface area contributed by atoms with Crippen LogP contribution in [-0.2, 0) is 6.42 Å². The Hall–Kier alpha value is -2.18. The molecule has 0 aliphatic carbocycles. The van der Waals surface area contributed by atoms with E-state index in [0.717, 1.165) is 18.7 Å². The third kappa shape index (κ3) is 3.28. The van der Waals surface area contributed by atoms with Gasteiger partial charge in [0.25, 0.3) is 5.91 Å². The molecule has 2 N–H and O–H groups in total. The molecule has 1 amide bonds. The second-order valence-electron chi connectivity index (χ2n) is 7.82. The molecule has 27 heavy (non-hydrogen) atoms. The van der Waals surface area contributed by atoms with Crippen LogP contribution >= 0.6 is 0 Å². The van der Waals surface area contributed by atoms with Gasteiger partial charge in [-0.2, -0.15) is 5.10 Å². The van der Waals surface area contributed by atoms with Crippen molar-refractivity contribution in [2.24, 2.45) is 5.92 Å². The summed E-state index contributed by atoms with van der Waals surface area (Å²) in [6.07, 6.45) is 2.59. The van der Waals surface area contributed by atoms with Gasteiger partial charge in [-0.05, 0) is 25.5 Å².